The zero-order valence-corrected chi connectivity index (χ0v) is 13.2. The maximum Gasteiger partial charge on any atom is 0.234 e. The normalized spacial score (nSPS) is 11.5. The van der Waals surface area contributed by atoms with E-state index in [0.717, 1.165) is 23.7 Å². The number of thioether (sulfide) groups is 1. The molecule has 2 aromatic rings. The van der Waals surface area contributed by atoms with Crippen LogP contribution in [0.4, 0.5) is 14.5 Å². The monoisotopic (exact) mass is 326 g/mol. The number of carbonyl (C=O) groups is 1. The second kappa shape index (κ2) is 6.43. The van der Waals surface area contributed by atoms with E-state index in [1.165, 1.54) is 6.07 Å². The van der Waals surface area contributed by atoms with Crippen LogP contribution in [0.3, 0.4) is 0 Å². The first-order chi connectivity index (χ1) is 10.3. The lowest BCUT2D eigenvalue weighted by Gasteiger charge is -2.12. The second-order valence-electron chi connectivity index (χ2n) is 5.68. The predicted octanol–water partition coefficient (Wildman–Crippen LogP) is 3.11. The van der Waals surface area contributed by atoms with Gasteiger partial charge in [0.25, 0.3) is 0 Å². The standard InChI is InChI=1S/C14H16F2N4OS/c1-14(2,3)12-18-13(20-19-12)22-7-11(21)17-10-5-4-8(15)6-9(10)16/h4-6H,7H2,1-3H3,(H,17,21)(H,18,19,20). The number of aromatic amines is 1. The zero-order chi connectivity index (χ0) is 16.3. The molecule has 0 aliphatic rings. The molecule has 1 heterocycles. The molecule has 0 saturated heterocycles. The highest BCUT2D eigenvalue weighted by Gasteiger charge is 2.19. The van der Waals surface area contributed by atoms with Gasteiger partial charge in [-0.1, -0.05) is 32.5 Å². The topological polar surface area (TPSA) is 70.7 Å². The molecule has 118 valence electrons. The van der Waals surface area contributed by atoms with Crippen molar-refractivity contribution in [2.75, 3.05) is 11.1 Å². The van der Waals surface area contributed by atoms with E-state index in [1.54, 1.807) is 0 Å². The maximum atomic E-state index is 13.4. The molecule has 0 aliphatic carbocycles. The Balaban J connectivity index is 1.91. The van der Waals surface area contributed by atoms with Crippen molar-refractivity contribution in [1.29, 1.82) is 0 Å². The second-order valence-corrected chi connectivity index (χ2v) is 6.62. The molecule has 0 aliphatic heterocycles. The number of anilines is 1. The van der Waals surface area contributed by atoms with Gasteiger partial charge in [-0.2, -0.15) is 0 Å². The van der Waals surface area contributed by atoms with E-state index < -0.39 is 17.5 Å². The zero-order valence-electron chi connectivity index (χ0n) is 12.4. The van der Waals surface area contributed by atoms with Gasteiger partial charge in [-0.25, -0.2) is 13.8 Å². The van der Waals surface area contributed by atoms with Crippen LogP contribution >= 0.6 is 11.8 Å². The maximum absolute atomic E-state index is 13.4. The molecule has 0 fully saturated rings. The summed E-state index contributed by atoms with van der Waals surface area (Å²) in [5.41, 5.74) is -0.219. The first kappa shape index (κ1) is 16.4. The molecule has 0 unspecified atom stereocenters. The predicted molar refractivity (Wildman–Crippen MR) is 80.8 cm³/mol. The quantitative estimate of drug-likeness (QED) is 0.847. The lowest BCUT2D eigenvalue weighted by molar-refractivity contribution is -0.113. The molecule has 0 spiro atoms. The number of rotatable bonds is 4. The molecule has 2 N–H and O–H groups in total. The number of nitrogens with one attached hydrogen (secondary N) is 2. The lowest BCUT2D eigenvalue weighted by Crippen LogP contribution is -2.15. The summed E-state index contributed by atoms with van der Waals surface area (Å²) in [6.45, 7) is 5.98. The van der Waals surface area contributed by atoms with Crippen LogP contribution < -0.4 is 5.32 Å². The van der Waals surface area contributed by atoms with Gasteiger partial charge in [0.2, 0.25) is 11.1 Å². The number of halogens is 2. The van der Waals surface area contributed by atoms with E-state index in [1.807, 2.05) is 20.8 Å². The Bertz CT molecular complexity index is 682. The summed E-state index contributed by atoms with van der Waals surface area (Å²) >= 11 is 1.13. The van der Waals surface area contributed by atoms with Gasteiger partial charge >= 0.3 is 0 Å². The van der Waals surface area contributed by atoms with Gasteiger partial charge in [0.1, 0.15) is 17.5 Å². The van der Waals surface area contributed by atoms with Crippen molar-refractivity contribution in [1.82, 2.24) is 15.2 Å². The molecule has 2 rings (SSSR count). The van der Waals surface area contributed by atoms with E-state index in [9.17, 15) is 13.6 Å². The Morgan fingerprint density at radius 3 is 2.68 bits per heavy atom. The van der Waals surface area contributed by atoms with E-state index in [2.05, 4.69) is 20.5 Å². The van der Waals surface area contributed by atoms with Crippen molar-refractivity contribution in [2.24, 2.45) is 0 Å². The SMILES string of the molecule is CC(C)(C)c1nc(SCC(=O)Nc2ccc(F)cc2F)n[nH]1. The third kappa shape index (κ3) is 4.27. The van der Waals surface area contributed by atoms with Crippen LogP contribution in [0.15, 0.2) is 23.4 Å². The molecule has 0 atom stereocenters. The average molecular weight is 326 g/mol. The van der Waals surface area contributed by atoms with Gasteiger partial charge in [-0.15, -0.1) is 5.10 Å². The first-order valence-electron chi connectivity index (χ1n) is 6.56. The van der Waals surface area contributed by atoms with Crippen molar-refractivity contribution < 1.29 is 13.6 Å². The lowest BCUT2D eigenvalue weighted by atomic mass is 9.96. The Kier molecular flexibility index (Phi) is 4.80. The molecule has 1 aromatic carbocycles. The van der Waals surface area contributed by atoms with Gasteiger partial charge in [0.15, 0.2) is 0 Å². The van der Waals surface area contributed by atoms with E-state index in [0.29, 0.717) is 11.2 Å². The summed E-state index contributed by atoms with van der Waals surface area (Å²) < 4.78 is 26.2. The Morgan fingerprint density at radius 1 is 1.36 bits per heavy atom. The highest BCUT2D eigenvalue weighted by atomic mass is 32.2. The summed E-state index contributed by atoms with van der Waals surface area (Å²) in [5.74, 6) is -1.18. The fourth-order valence-electron chi connectivity index (χ4n) is 1.55. The van der Waals surface area contributed by atoms with Gasteiger partial charge < -0.3 is 5.32 Å². The summed E-state index contributed by atoms with van der Waals surface area (Å²) in [7, 11) is 0. The van der Waals surface area contributed by atoms with Crippen LogP contribution in [-0.2, 0) is 10.2 Å². The molecule has 1 aromatic heterocycles. The average Bonchev–Trinajstić information content (AvgIpc) is 2.88. The molecule has 1 amide bonds. The minimum atomic E-state index is -0.814. The van der Waals surface area contributed by atoms with Crippen LogP contribution in [0, 0.1) is 11.6 Å². The number of hydrogen-bond acceptors (Lipinski definition) is 4. The van der Waals surface area contributed by atoms with Crippen molar-refractivity contribution in [3.63, 3.8) is 0 Å². The number of amides is 1. The number of nitrogens with zero attached hydrogens (tertiary/aromatic N) is 2. The van der Waals surface area contributed by atoms with Crippen LogP contribution in [0.1, 0.15) is 26.6 Å². The fraction of sp³-hybridized carbons (Fsp3) is 0.357. The van der Waals surface area contributed by atoms with Crippen LogP contribution in [-0.4, -0.2) is 26.8 Å². The molecule has 0 saturated carbocycles. The highest BCUT2D eigenvalue weighted by Crippen LogP contribution is 2.21. The largest absolute Gasteiger partial charge is 0.323 e. The Hall–Kier alpha value is -1.96. The summed E-state index contributed by atoms with van der Waals surface area (Å²) in [4.78, 5) is 16.1. The van der Waals surface area contributed by atoms with Crippen molar-refractivity contribution in [3.8, 4) is 0 Å². The van der Waals surface area contributed by atoms with Gasteiger partial charge in [0.05, 0.1) is 11.4 Å². The number of benzene rings is 1. The number of carbonyl (C=O) groups excluding carboxylic acids is 1. The summed E-state index contributed by atoms with van der Waals surface area (Å²) in [6, 6.07) is 2.97. The van der Waals surface area contributed by atoms with Crippen LogP contribution in [0.5, 0.6) is 0 Å². The smallest absolute Gasteiger partial charge is 0.234 e. The van der Waals surface area contributed by atoms with Gasteiger partial charge in [-0.05, 0) is 12.1 Å². The Morgan fingerprint density at radius 2 is 2.09 bits per heavy atom. The van der Waals surface area contributed by atoms with Crippen molar-refractivity contribution in [3.05, 3.63) is 35.7 Å². The highest BCUT2D eigenvalue weighted by molar-refractivity contribution is 7.99. The molecule has 0 bridgehead atoms. The van der Waals surface area contributed by atoms with Crippen LogP contribution in [0.2, 0.25) is 0 Å². The molecular formula is C14H16F2N4OS. The van der Waals surface area contributed by atoms with Crippen molar-refractivity contribution in [2.45, 2.75) is 31.3 Å². The molecular weight excluding hydrogens is 310 g/mol. The molecule has 0 radical (unpaired) electrons. The third-order valence-corrected chi connectivity index (χ3v) is 3.56. The van der Waals surface area contributed by atoms with E-state index in [4.69, 9.17) is 0 Å². The number of hydrogen-bond donors (Lipinski definition) is 2. The first-order valence-corrected chi connectivity index (χ1v) is 7.55. The summed E-state index contributed by atoms with van der Waals surface area (Å²) in [5, 5.41) is 9.65. The van der Waals surface area contributed by atoms with E-state index >= 15 is 0 Å². The minimum Gasteiger partial charge on any atom is -0.323 e. The third-order valence-electron chi connectivity index (χ3n) is 2.71. The summed E-state index contributed by atoms with van der Waals surface area (Å²) in [6.07, 6.45) is 0. The van der Waals surface area contributed by atoms with Crippen LogP contribution in [0.25, 0.3) is 0 Å². The molecule has 22 heavy (non-hydrogen) atoms. The molecule has 5 nitrogen and oxygen atoms in total. The van der Waals surface area contributed by atoms with Gasteiger partial charge in [0, 0.05) is 11.5 Å². The van der Waals surface area contributed by atoms with E-state index in [-0.39, 0.29) is 16.9 Å². The fourth-order valence-corrected chi connectivity index (χ4v) is 2.15. The number of H-pyrrole nitrogens is 1. The van der Waals surface area contributed by atoms with Gasteiger partial charge in [-0.3, -0.25) is 9.89 Å². The number of aromatic nitrogens is 3. The van der Waals surface area contributed by atoms with Crippen molar-refractivity contribution >= 4 is 23.4 Å². The molecule has 8 heteroatoms. The Labute approximate surface area is 130 Å². The minimum absolute atomic E-state index is 0.0260.